The van der Waals surface area contributed by atoms with Gasteiger partial charge in [-0.3, -0.25) is 4.79 Å². The van der Waals surface area contributed by atoms with Gasteiger partial charge in [-0.15, -0.1) is 0 Å². The minimum absolute atomic E-state index is 0.252. The van der Waals surface area contributed by atoms with E-state index in [0.717, 1.165) is 31.7 Å². The van der Waals surface area contributed by atoms with Crippen molar-refractivity contribution in [1.29, 1.82) is 0 Å². The Hall–Kier alpha value is -2.11. The van der Waals surface area contributed by atoms with Crippen LogP contribution in [0, 0.1) is 0 Å². The summed E-state index contributed by atoms with van der Waals surface area (Å²) in [6.07, 6.45) is 4.13. The summed E-state index contributed by atoms with van der Waals surface area (Å²) in [5.41, 5.74) is 1.92. The highest BCUT2D eigenvalue weighted by atomic mass is 35.5. The zero-order valence-corrected chi connectivity index (χ0v) is 13.3. The number of ether oxygens (including phenoxy) is 1. The Morgan fingerprint density at radius 2 is 2.00 bits per heavy atom. The molecule has 1 atom stereocenters. The lowest BCUT2D eigenvalue weighted by Crippen LogP contribution is -2.19. The summed E-state index contributed by atoms with van der Waals surface area (Å²) in [5, 5.41) is 6.68. The van der Waals surface area contributed by atoms with Gasteiger partial charge in [0.2, 0.25) is 0 Å². The van der Waals surface area contributed by atoms with E-state index in [0.29, 0.717) is 16.4 Å². The molecular weight excluding hydrogens is 314 g/mol. The average Bonchev–Trinajstić information content (AvgIpc) is 3.09. The second kappa shape index (κ2) is 7.44. The number of aromatic nitrogens is 1. The van der Waals surface area contributed by atoms with Crippen LogP contribution >= 0.6 is 11.6 Å². The second-order valence-electron chi connectivity index (χ2n) is 5.41. The number of rotatable bonds is 5. The Morgan fingerprint density at radius 3 is 2.65 bits per heavy atom. The second-order valence-corrected chi connectivity index (χ2v) is 5.85. The molecule has 6 heteroatoms. The fourth-order valence-corrected chi connectivity index (χ4v) is 2.52. The Bertz CT molecular complexity index is 653. The van der Waals surface area contributed by atoms with E-state index in [9.17, 15) is 4.79 Å². The summed E-state index contributed by atoms with van der Waals surface area (Å²) in [5.74, 6) is -0.252. The first-order valence-corrected chi connectivity index (χ1v) is 7.97. The highest BCUT2D eigenvalue weighted by molar-refractivity contribution is 6.30. The van der Waals surface area contributed by atoms with Gasteiger partial charge in [-0.25, -0.2) is 4.98 Å². The monoisotopic (exact) mass is 331 g/mol. The molecule has 0 aliphatic carbocycles. The number of halogens is 1. The molecule has 0 saturated carbocycles. The molecule has 0 radical (unpaired) electrons. The number of nitrogens with zero attached hydrogens (tertiary/aromatic N) is 1. The summed E-state index contributed by atoms with van der Waals surface area (Å²) in [6, 6.07) is 10.5. The van der Waals surface area contributed by atoms with Gasteiger partial charge in [0.15, 0.2) is 0 Å². The third-order valence-electron chi connectivity index (χ3n) is 3.66. The summed E-state index contributed by atoms with van der Waals surface area (Å²) >= 11 is 5.82. The number of nitrogens with one attached hydrogen (secondary N) is 2. The molecule has 5 nitrogen and oxygen atoms in total. The molecule has 1 saturated heterocycles. The highest BCUT2D eigenvalue weighted by Crippen LogP contribution is 2.16. The van der Waals surface area contributed by atoms with Crippen LogP contribution in [-0.4, -0.2) is 30.1 Å². The predicted octanol–water partition coefficient (Wildman–Crippen LogP) is 3.58. The van der Waals surface area contributed by atoms with Gasteiger partial charge in [0, 0.05) is 23.9 Å². The number of anilines is 2. The van der Waals surface area contributed by atoms with Gasteiger partial charge < -0.3 is 15.4 Å². The molecule has 1 fully saturated rings. The SMILES string of the molecule is O=C(Nc1ccc(Cl)cc1)c1ccc(NCC2CCCO2)cn1. The van der Waals surface area contributed by atoms with E-state index < -0.39 is 0 Å². The van der Waals surface area contributed by atoms with Crippen molar-refractivity contribution in [3.05, 3.63) is 53.3 Å². The van der Waals surface area contributed by atoms with E-state index in [4.69, 9.17) is 16.3 Å². The fourth-order valence-electron chi connectivity index (χ4n) is 2.40. The number of hydrogen-bond acceptors (Lipinski definition) is 4. The third-order valence-corrected chi connectivity index (χ3v) is 3.91. The van der Waals surface area contributed by atoms with Gasteiger partial charge in [0.05, 0.1) is 18.0 Å². The van der Waals surface area contributed by atoms with Crippen molar-refractivity contribution < 1.29 is 9.53 Å². The lowest BCUT2D eigenvalue weighted by molar-refractivity contribution is 0.102. The molecular formula is C17H18ClN3O2. The number of amides is 1. The van der Waals surface area contributed by atoms with Crippen LogP contribution in [0.1, 0.15) is 23.3 Å². The molecule has 2 N–H and O–H groups in total. The number of carbonyl (C=O) groups is 1. The van der Waals surface area contributed by atoms with Gasteiger partial charge in [-0.05, 0) is 49.2 Å². The molecule has 2 aromatic rings. The van der Waals surface area contributed by atoms with E-state index in [1.807, 2.05) is 6.07 Å². The quantitative estimate of drug-likeness (QED) is 0.879. The van der Waals surface area contributed by atoms with Crippen LogP contribution in [0.15, 0.2) is 42.6 Å². The van der Waals surface area contributed by atoms with Crippen molar-refractivity contribution >= 4 is 28.9 Å². The smallest absolute Gasteiger partial charge is 0.274 e. The summed E-state index contributed by atoms with van der Waals surface area (Å²) in [6.45, 7) is 1.60. The zero-order chi connectivity index (χ0) is 16.1. The normalized spacial score (nSPS) is 17.0. The van der Waals surface area contributed by atoms with Gasteiger partial charge in [0.1, 0.15) is 5.69 Å². The van der Waals surface area contributed by atoms with Crippen molar-refractivity contribution in [1.82, 2.24) is 4.98 Å². The van der Waals surface area contributed by atoms with Crippen molar-refractivity contribution in [2.24, 2.45) is 0 Å². The summed E-state index contributed by atoms with van der Waals surface area (Å²) in [4.78, 5) is 16.3. The first-order chi connectivity index (χ1) is 11.2. The molecule has 1 aromatic heterocycles. The molecule has 1 amide bonds. The molecule has 2 heterocycles. The van der Waals surface area contributed by atoms with E-state index in [1.165, 1.54) is 0 Å². The topological polar surface area (TPSA) is 63.2 Å². The predicted molar refractivity (Wildman–Crippen MR) is 91.1 cm³/mol. The standard InChI is InChI=1S/C17H18ClN3O2/c18-12-3-5-13(6-4-12)21-17(22)16-8-7-14(10-20-16)19-11-15-2-1-9-23-15/h3-8,10,15,19H,1-2,9,11H2,(H,21,22). The van der Waals surface area contributed by atoms with E-state index >= 15 is 0 Å². The molecule has 3 rings (SSSR count). The van der Waals surface area contributed by atoms with Crippen molar-refractivity contribution in [2.75, 3.05) is 23.8 Å². The molecule has 120 valence electrons. The maximum atomic E-state index is 12.1. The maximum Gasteiger partial charge on any atom is 0.274 e. The lowest BCUT2D eigenvalue weighted by atomic mass is 10.2. The van der Waals surface area contributed by atoms with E-state index in [2.05, 4.69) is 15.6 Å². The number of benzene rings is 1. The van der Waals surface area contributed by atoms with Crippen LogP contribution in [0.5, 0.6) is 0 Å². The molecule has 1 aliphatic heterocycles. The van der Waals surface area contributed by atoms with Gasteiger partial charge in [-0.2, -0.15) is 0 Å². The highest BCUT2D eigenvalue weighted by Gasteiger charge is 2.15. The van der Waals surface area contributed by atoms with Crippen molar-refractivity contribution in [2.45, 2.75) is 18.9 Å². The minimum atomic E-state index is -0.252. The molecule has 1 aliphatic rings. The molecule has 23 heavy (non-hydrogen) atoms. The van der Waals surface area contributed by atoms with Crippen molar-refractivity contribution in [3.63, 3.8) is 0 Å². The maximum absolute atomic E-state index is 12.1. The van der Waals surface area contributed by atoms with Crippen LogP contribution < -0.4 is 10.6 Å². The van der Waals surface area contributed by atoms with Crippen LogP contribution in [0.3, 0.4) is 0 Å². The first kappa shape index (κ1) is 15.8. The molecule has 0 bridgehead atoms. The average molecular weight is 332 g/mol. The van der Waals surface area contributed by atoms with Crippen molar-refractivity contribution in [3.8, 4) is 0 Å². The Kier molecular flexibility index (Phi) is 5.10. The Morgan fingerprint density at radius 1 is 1.22 bits per heavy atom. The fraction of sp³-hybridized carbons (Fsp3) is 0.294. The molecule has 1 aromatic carbocycles. The van der Waals surface area contributed by atoms with Crippen LogP contribution in [0.4, 0.5) is 11.4 Å². The van der Waals surface area contributed by atoms with Crippen LogP contribution in [0.2, 0.25) is 5.02 Å². The largest absolute Gasteiger partial charge is 0.381 e. The summed E-state index contributed by atoms with van der Waals surface area (Å²) < 4.78 is 5.55. The number of hydrogen-bond donors (Lipinski definition) is 2. The van der Waals surface area contributed by atoms with E-state index in [-0.39, 0.29) is 12.0 Å². The van der Waals surface area contributed by atoms with Crippen LogP contribution in [0.25, 0.3) is 0 Å². The number of carbonyl (C=O) groups excluding carboxylic acids is 1. The lowest BCUT2D eigenvalue weighted by Gasteiger charge is -2.12. The van der Waals surface area contributed by atoms with Gasteiger partial charge in [-0.1, -0.05) is 11.6 Å². The van der Waals surface area contributed by atoms with Gasteiger partial charge in [0.25, 0.3) is 5.91 Å². The van der Waals surface area contributed by atoms with Crippen LogP contribution in [-0.2, 0) is 4.74 Å². The number of pyridine rings is 1. The van der Waals surface area contributed by atoms with Gasteiger partial charge >= 0.3 is 0 Å². The Balaban J connectivity index is 1.55. The molecule has 1 unspecified atom stereocenters. The Labute approximate surface area is 140 Å². The zero-order valence-electron chi connectivity index (χ0n) is 12.6. The summed E-state index contributed by atoms with van der Waals surface area (Å²) in [7, 11) is 0. The first-order valence-electron chi connectivity index (χ1n) is 7.59. The third kappa shape index (κ3) is 4.43. The minimum Gasteiger partial charge on any atom is -0.381 e. The van der Waals surface area contributed by atoms with E-state index in [1.54, 1.807) is 36.5 Å². The molecule has 0 spiro atoms.